The fraction of sp³-hybridized carbons (Fsp3) is 0.261. The number of piperazine rings is 1. The zero-order valence-corrected chi connectivity index (χ0v) is 19.8. The molecule has 12 heteroatoms. The first kappa shape index (κ1) is 22.7. The van der Waals surface area contributed by atoms with Gasteiger partial charge in [-0.15, -0.1) is 5.10 Å². The summed E-state index contributed by atoms with van der Waals surface area (Å²) in [6, 6.07) is 15.3. The summed E-state index contributed by atoms with van der Waals surface area (Å²) in [5.41, 5.74) is 2.49. The van der Waals surface area contributed by atoms with E-state index < -0.39 is 16.1 Å². The number of benzene rings is 2. The van der Waals surface area contributed by atoms with Crippen molar-refractivity contribution in [3.05, 3.63) is 67.1 Å². The lowest BCUT2D eigenvalue weighted by Gasteiger charge is -2.37. The number of para-hydroxylation sites is 1. The number of rotatable bonds is 6. The lowest BCUT2D eigenvalue weighted by atomic mass is 10.2. The van der Waals surface area contributed by atoms with Crippen LogP contribution in [0.1, 0.15) is 14.4 Å². The molecule has 1 N–H and O–H groups in total. The number of nitrogens with zero attached hydrogens (tertiary/aromatic N) is 7. The average molecular weight is 495 g/mol. The van der Waals surface area contributed by atoms with Crippen molar-refractivity contribution in [3.63, 3.8) is 0 Å². The van der Waals surface area contributed by atoms with E-state index >= 15 is 0 Å². The second kappa shape index (κ2) is 9.29. The second-order valence-corrected chi connectivity index (χ2v) is 9.89. The lowest BCUT2D eigenvalue weighted by molar-refractivity contribution is -0.134. The van der Waals surface area contributed by atoms with Crippen molar-refractivity contribution < 1.29 is 14.6 Å². The Morgan fingerprint density at radius 1 is 1.03 bits per heavy atom. The van der Waals surface area contributed by atoms with Crippen molar-refractivity contribution in [1.82, 2.24) is 29.9 Å². The van der Waals surface area contributed by atoms with Crippen molar-refractivity contribution in [2.45, 2.75) is 17.9 Å². The van der Waals surface area contributed by atoms with Crippen LogP contribution in [0.2, 0.25) is 0 Å². The van der Waals surface area contributed by atoms with Crippen molar-refractivity contribution >= 4 is 38.5 Å². The molecule has 35 heavy (non-hydrogen) atoms. The Balaban J connectivity index is 0.00000304. The highest BCUT2D eigenvalue weighted by atomic mass is 32.2. The maximum absolute atomic E-state index is 13.1. The molecule has 0 radical (unpaired) electrons. The summed E-state index contributed by atoms with van der Waals surface area (Å²) in [5.74, 6) is 0.204. The minimum absolute atomic E-state index is 0. The van der Waals surface area contributed by atoms with Crippen molar-refractivity contribution in [3.8, 4) is 0 Å². The van der Waals surface area contributed by atoms with Crippen molar-refractivity contribution in [2.24, 2.45) is 0 Å². The van der Waals surface area contributed by atoms with E-state index in [2.05, 4.69) is 29.9 Å². The summed E-state index contributed by atoms with van der Waals surface area (Å²) in [7, 11) is -3.75. The van der Waals surface area contributed by atoms with Gasteiger partial charge in [0.1, 0.15) is 23.7 Å². The van der Waals surface area contributed by atoms with Gasteiger partial charge in [0, 0.05) is 39.5 Å². The highest BCUT2D eigenvalue weighted by Gasteiger charge is 2.27. The first-order chi connectivity index (χ1) is 16.9. The first-order valence-electron chi connectivity index (χ1n) is 11.1. The number of nitrogens with one attached hydrogen (secondary N) is 1. The van der Waals surface area contributed by atoms with Gasteiger partial charge in [0.2, 0.25) is 5.91 Å². The molecule has 1 aliphatic rings. The van der Waals surface area contributed by atoms with Gasteiger partial charge >= 0.3 is 0 Å². The van der Waals surface area contributed by atoms with Crippen LogP contribution in [0.15, 0.2) is 72.0 Å². The van der Waals surface area contributed by atoms with E-state index in [1.165, 1.54) is 18.6 Å². The van der Waals surface area contributed by atoms with Gasteiger partial charge in [-0.2, -0.15) is 0 Å². The third kappa shape index (κ3) is 4.64. The largest absolute Gasteiger partial charge is 0.368 e. The molecule has 0 aliphatic carbocycles. The minimum atomic E-state index is -3.75. The summed E-state index contributed by atoms with van der Waals surface area (Å²) >= 11 is 0. The monoisotopic (exact) mass is 494 g/mol. The smallest absolute Gasteiger partial charge is 0.263 e. The average Bonchev–Trinajstić information content (AvgIpc) is 3.33. The Kier molecular flexibility index (Phi) is 6.03. The van der Waals surface area contributed by atoms with Crippen LogP contribution < -0.4 is 9.62 Å². The maximum Gasteiger partial charge on any atom is 0.263 e. The number of anilines is 2. The fourth-order valence-electron chi connectivity index (χ4n) is 4.11. The molecule has 11 nitrogen and oxygen atoms in total. The highest BCUT2D eigenvalue weighted by molar-refractivity contribution is 7.92. The quantitative estimate of drug-likeness (QED) is 0.432. The van der Waals surface area contributed by atoms with Crippen LogP contribution in [0.5, 0.6) is 0 Å². The van der Waals surface area contributed by atoms with Gasteiger partial charge in [0.15, 0.2) is 0 Å². The summed E-state index contributed by atoms with van der Waals surface area (Å²) < 4.78 is 29.3. The van der Waals surface area contributed by atoms with Crippen LogP contribution in [0.3, 0.4) is 0 Å². The normalized spacial score (nSPS) is 15.2. The number of sulfonamides is 1. The molecule has 4 aromatic rings. The second-order valence-electron chi connectivity index (χ2n) is 8.21. The SMILES string of the molecule is CC(C(=O)N1CCN(c2ccc(S(=O)(=O)Nc3ccncn3)cc2)CC1)n1nnc2ccccc21.[HH]. The molecule has 2 aromatic heterocycles. The van der Waals surface area contributed by atoms with Crippen LogP contribution in [-0.4, -0.2) is 70.4 Å². The third-order valence-corrected chi connectivity index (χ3v) is 7.40. The van der Waals surface area contributed by atoms with Crippen molar-refractivity contribution in [1.29, 1.82) is 0 Å². The van der Waals surface area contributed by atoms with Gasteiger partial charge in [-0.25, -0.2) is 23.1 Å². The van der Waals surface area contributed by atoms with Crippen LogP contribution in [0, 0.1) is 0 Å². The summed E-state index contributed by atoms with van der Waals surface area (Å²) in [6.45, 7) is 4.24. The van der Waals surface area contributed by atoms with Gasteiger partial charge in [0.25, 0.3) is 10.0 Å². The van der Waals surface area contributed by atoms with E-state index in [0.717, 1.165) is 16.7 Å². The van der Waals surface area contributed by atoms with E-state index in [4.69, 9.17) is 0 Å². The predicted octanol–water partition coefficient (Wildman–Crippen LogP) is 2.18. The Morgan fingerprint density at radius 3 is 2.49 bits per heavy atom. The van der Waals surface area contributed by atoms with E-state index in [9.17, 15) is 13.2 Å². The molecule has 1 aliphatic heterocycles. The van der Waals surface area contributed by atoms with Crippen molar-refractivity contribution in [2.75, 3.05) is 35.8 Å². The molecule has 0 bridgehead atoms. The van der Waals surface area contributed by atoms with E-state index in [-0.39, 0.29) is 18.0 Å². The number of hydrogen-bond donors (Lipinski definition) is 1. The molecule has 2 aromatic carbocycles. The van der Waals surface area contributed by atoms with Gasteiger partial charge < -0.3 is 9.80 Å². The van der Waals surface area contributed by atoms with Crippen LogP contribution >= 0.6 is 0 Å². The number of hydrogen-bond acceptors (Lipinski definition) is 8. The molecule has 0 saturated carbocycles. The van der Waals surface area contributed by atoms with Gasteiger partial charge in [-0.05, 0) is 49.4 Å². The molecule has 5 rings (SSSR count). The molecule has 1 amide bonds. The standard InChI is InChI=1S/C23H24N8O3S.H2/c1-17(31-21-5-3-2-4-20(21)26-28-31)23(32)30-14-12-29(13-15-30)18-6-8-19(9-7-18)35(33,34)27-22-10-11-24-16-25-22;/h2-11,16-17H,12-15H2,1H3,(H,24,25,27);1H. The lowest BCUT2D eigenvalue weighted by Crippen LogP contribution is -2.50. The van der Waals surface area contributed by atoms with E-state index in [1.54, 1.807) is 28.9 Å². The number of aromatic nitrogens is 5. The van der Waals surface area contributed by atoms with Gasteiger partial charge in [0.05, 0.1) is 10.4 Å². The Hall–Kier alpha value is -4.06. The number of fused-ring (bicyclic) bond motifs is 1. The van der Waals surface area contributed by atoms with Crippen LogP contribution in [0.25, 0.3) is 11.0 Å². The molecular formula is C23H26N8O3S. The Bertz CT molecular complexity index is 1440. The molecule has 3 heterocycles. The predicted molar refractivity (Wildman–Crippen MR) is 132 cm³/mol. The first-order valence-corrected chi connectivity index (χ1v) is 12.6. The highest BCUT2D eigenvalue weighted by Crippen LogP contribution is 2.23. The van der Waals surface area contributed by atoms with E-state index in [0.29, 0.717) is 26.2 Å². The molecule has 1 atom stereocenters. The number of carbonyl (C=O) groups is 1. The fourth-order valence-corrected chi connectivity index (χ4v) is 5.12. The molecule has 182 valence electrons. The third-order valence-electron chi connectivity index (χ3n) is 6.03. The Morgan fingerprint density at radius 2 is 1.77 bits per heavy atom. The Labute approximate surface area is 203 Å². The molecule has 1 fully saturated rings. The van der Waals surface area contributed by atoms with Gasteiger partial charge in [-0.1, -0.05) is 17.3 Å². The summed E-state index contributed by atoms with van der Waals surface area (Å²) in [5, 5.41) is 8.32. The molecule has 0 spiro atoms. The van der Waals surface area contributed by atoms with Crippen LogP contribution in [-0.2, 0) is 14.8 Å². The molecule has 1 saturated heterocycles. The van der Waals surface area contributed by atoms with Gasteiger partial charge in [-0.3, -0.25) is 9.52 Å². The topological polar surface area (TPSA) is 126 Å². The van der Waals surface area contributed by atoms with E-state index in [1.807, 2.05) is 36.1 Å². The maximum atomic E-state index is 13.1. The molecular weight excluding hydrogens is 468 g/mol. The summed E-state index contributed by atoms with van der Waals surface area (Å²) in [4.78, 5) is 24.9. The van der Waals surface area contributed by atoms with Crippen LogP contribution in [0.4, 0.5) is 11.5 Å². The number of carbonyl (C=O) groups excluding carboxylic acids is 1. The minimum Gasteiger partial charge on any atom is -0.368 e. The zero-order chi connectivity index (χ0) is 24.4. The molecule has 1 unspecified atom stereocenters. The number of amides is 1. The summed E-state index contributed by atoms with van der Waals surface area (Å²) in [6.07, 6.45) is 2.74. The zero-order valence-electron chi connectivity index (χ0n) is 19.0.